The number of para-hydroxylation sites is 1. The van der Waals surface area contributed by atoms with Crippen molar-refractivity contribution >= 4 is 5.96 Å². The van der Waals surface area contributed by atoms with Crippen molar-refractivity contribution in [3.05, 3.63) is 47.8 Å². The maximum Gasteiger partial charge on any atom is 0.191 e. The predicted molar refractivity (Wildman–Crippen MR) is 111 cm³/mol. The quantitative estimate of drug-likeness (QED) is 0.629. The number of aryl methyl sites for hydroxylation is 1. The molecule has 6 heteroatoms. The molecule has 0 aliphatic carbocycles. The van der Waals surface area contributed by atoms with E-state index in [0.717, 1.165) is 30.4 Å². The molecule has 1 aromatic heterocycles. The molecule has 3 rings (SSSR count). The minimum atomic E-state index is 0.419. The number of hydrogen-bond acceptors (Lipinski definition) is 3. The topological polar surface area (TPSA) is 57.5 Å². The van der Waals surface area contributed by atoms with Gasteiger partial charge in [-0.25, -0.2) is 4.68 Å². The summed E-state index contributed by atoms with van der Waals surface area (Å²) in [7, 11) is 1.83. The van der Waals surface area contributed by atoms with E-state index >= 15 is 0 Å². The Hall–Kier alpha value is -2.34. The van der Waals surface area contributed by atoms with Crippen molar-refractivity contribution in [1.82, 2.24) is 25.3 Å². The van der Waals surface area contributed by atoms with Gasteiger partial charge in [-0.05, 0) is 44.4 Å². The van der Waals surface area contributed by atoms with Gasteiger partial charge in [0, 0.05) is 45.0 Å². The number of aliphatic imine (C=N–C) groups is 1. The van der Waals surface area contributed by atoms with Crippen molar-refractivity contribution in [2.24, 2.45) is 10.9 Å². The van der Waals surface area contributed by atoms with Crippen LogP contribution in [0.4, 0.5) is 0 Å². The lowest BCUT2D eigenvalue weighted by Crippen LogP contribution is -2.46. The van der Waals surface area contributed by atoms with E-state index in [2.05, 4.69) is 64.6 Å². The Labute approximate surface area is 162 Å². The Morgan fingerprint density at radius 1 is 1.26 bits per heavy atom. The van der Waals surface area contributed by atoms with Gasteiger partial charge in [-0.2, -0.15) is 5.10 Å². The summed E-state index contributed by atoms with van der Waals surface area (Å²) in [6.45, 7) is 11.7. The molecule has 1 aliphatic heterocycles. The summed E-state index contributed by atoms with van der Waals surface area (Å²) in [6.07, 6.45) is 2.00. The molecule has 0 spiro atoms. The molecule has 2 N–H and O–H groups in total. The van der Waals surface area contributed by atoms with Gasteiger partial charge in [-0.1, -0.05) is 25.1 Å². The van der Waals surface area contributed by atoms with Gasteiger partial charge in [-0.3, -0.25) is 9.89 Å². The van der Waals surface area contributed by atoms with E-state index in [1.165, 1.54) is 5.56 Å². The van der Waals surface area contributed by atoms with Crippen molar-refractivity contribution in [2.75, 3.05) is 20.1 Å². The highest BCUT2D eigenvalue weighted by Crippen LogP contribution is 2.19. The van der Waals surface area contributed by atoms with E-state index in [1.54, 1.807) is 0 Å². The average Bonchev–Trinajstić information content (AvgIpc) is 3.25. The number of nitrogens with zero attached hydrogens (tertiary/aromatic N) is 4. The second-order valence-electron chi connectivity index (χ2n) is 7.73. The number of rotatable bonds is 5. The monoisotopic (exact) mass is 368 g/mol. The Balaban J connectivity index is 1.64. The number of hydrogen-bond donors (Lipinski definition) is 2. The molecular formula is C21H32N6. The number of guanidine groups is 1. The van der Waals surface area contributed by atoms with Gasteiger partial charge in [0.2, 0.25) is 0 Å². The smallest absolute Gasteiger partial charge is 0.191 e. The normalized spacial score (nSPS) is 21.0. The Morgan fingerprint density at radius 2 is 2.04 bits per heavy atom. The molecule has 1 saturated heterocycles. The highest BCUT2D eigenvalue weighted by Gasteiger charge is 2.31. The van der Waals surface area contributed by atoms with Crippen LogP contribution in [0.5, 0.6) is 0 Å². The largest absolute Gasteiger partial charge is 0.352 e. The van der Waals surface area contributed by atoms with Gasteiger partial charge in [0.15, 0.2) is 5.96 Å². The lowest BCUT2D eigenvalue weighted by molar-refractivity contribution is 0.265. The Bertz CT molecular complexity index is 778. The summed E-state index contributed by atoms with van der Waals surface area (Å²) in [5, 5.41) is 11.6. The summed E-state index contributed by atoms with van der Waals surface area (Å²) < 4.78 is 1.93. The highest BCUT2D eigenvalue weighted by molar-refractivity contribution is 5.80. The molecule has 0 amide bonds. The van der Waals surface area contributed by atoms with Gasteiger partial charge < -0.3 is 10.6 Å². The van der Waals surface area contributed by atoms with Crippen LogP contribution in [-0.4, -0.2) is 52.9 Å². The van der Waals surface area contributed by atoms with E-state index in [9.17, 15) is 0 Å². The molecule has 146 valence electrons. The fraction of sp³-hybridized carbons (Fsp3) is 0.524. The van der Waals surface area contributed by atoms with Crippen molar-refractivity contribution in [3.8, 4) is 5.69 Å². The molecule has 1 fully saturated rings. The molecular weight excluding hydrogens is 336 g/mol. The number of aromatic nitrogens is 2. The van der Waals surface area contributed by atoms with Crippen LogP contribution in [0.1, 0.15) is 32.0 Å². The molecule has 27 heavy (non-hydrogen) atoms. The van der Waals surface area contributed by atoms with E-state index in [0.29, 0.717) is 24.5 Å². The van der Waals surface area contributed by atoms with E-state index in [4.69, 9.17) is 0 Å². The van der Waals surface area contributed by atoms with Gasteiger partial charge in [0.05, 0.1) is 11.4 Å². The predicted octanol–water partition coefficient (Wildman–Crippen LogP) is 2.57. The first-order chi connectivity index (χ1) is 13.0. The van der Waals surface area contributed by atoms with Crippen molar-refractivity contribution < 1.29 is 0 Å². The molecule has 0 saturated carbocycles. The van der Waals surface area contributed by atoms with Crippen LogP contribution < -0.4 is 10.6 Å². The Kier molecular flexibility index (Phi) is 6.16. The summed E-state index contributed by atoms with van der Waals surface area (Å²) >= 11 is 0. The second-order valence-corrected chi connectivity index (χ2v) is 7.73. The molecule has 2 unspecified atom stereocenters. The molecule has 6 nitrogen and oxygen atoms in total. The number of likely N-dealkylation sites (tertiary alicyclic amines) is 1. The van der Waals surface area contributed by atoms with Crippen molar-refractivity contribution in [3.63, 3.8) is 0 Å². The summed E-state index contributed by atoms with van der Waals surface area (Å²) in [5.74, 6) is 1.45. The lowest BCUT2D eigenvalue weighted by Gasteiger charge is -2.22. The second kappa shape index (κ2) is 8.57. The van der Waals surface area contributed by atoms with Crippen LogP contribution in [0.3, 0.4) is 0 Å². The zero-order chi connectivity index (χ0) is 19.4. The minimum Gasteiger partial charge on any atom is -0.352 e. The molecule has 0 radical (unpaired) electrons. The van der Waals surface area contributed by atoms with E-state index < -0.39 is 0 Å². The van der Waals surface area contributed by atoms with Crippen LogP contribution in [0, 0.1) is 12.8 Å². The standard InChI is InChI=1S/C21H32N6/c1-15(2)26-13-16(3)19(14-26)24-21(22-5)23-12-18-8-6-7-9-20(18)27-11-10-17(4)25-27/h6-11,15-16,19H,12-14H2,1-5H3,(H2,22,23,24). The van der Waals surface area contributed by atoms with Gasteiger partial charge in [-0.15, -0.1) is 0 Å². The third kappa shape index (κ3) is 4.69. The lowest BCUT2D eigenvalue weighted by atomic mass is 10.1. The minimum absolute atomic E-state index is 0.419. The molecule has 2 aromatic rings. The first kappa shape index (κ1) is 19.4. The van der Waals surface area contributed by atoms with Crippen molar-refractivity contribution in [1.29, 1.82) is 0 Å². The first-order valence-electron chi connectivity index (χ1n) is 9.79. The fourth-order valence-electron chi connectivity index (χ4n) is 3.60. The third-order valence-corrected chi connectivity index (χ3v) is 5.32. The fourth-order valence-corrected chi connectivity index (χ4v) is 3.60. The van der Waals surface area contributed by atoms with Crippen LogP contribution >= 0.6 is 0 Å². The van der Waals surface area contributed by atoms with E-state index in [-0.39, 0.29) is 0 Å². The number of nitrogens with one attached hydrogen (secondary N) is 2. The number of benzene rings is 1. The molecule has 1 aliphatic rings. The van der Waals surface area contributed by atoms with Gasteiger partial charge in [0.1, 0.15) is 0 Å². The maximum atomic E-state index is 4.54. The summed E-state index contributed by atoms with van der Waals surface area (Å²) in [6, 6.07) is 11.4. The molecule has 2 atom stereocenters. The maximum absolute atomic E-state index is 4.54. The van der Waals surface area contributed by atoms with Crippen LogP contribution in [-0.2, 0) is 6.54 Å². The zero-order valence-corrected chi connectivity index (χ0v) is 17.1. The van der Waals surface area contributed by atoms with Gasteiger partial charge in [0.25, 0.3) is 0 Å². The van der Waals surface area contributed by atoms with Crippen LogP contribution in [0.25, 0.3) is 5.69 Å². The SMILES string of the molecule is CN=C(NCc1ccccc1-n1ccc(C)n1)NC1CN(C(C)C)CC1C. The van der Waals surface area contributed by atoms with Crippen LogP contribution in [0.15, 0.2) is 41.5 Å². The average molecular weight is 369 g/mol. The van der Waals surface area contributed by atoms with Crippen LogP contribution in [0.2, 0.25) is 0 Å². The van der Waals surface area contributed by atoms with Crippen molar-refractivity contribution in [2.45, 2.75) is 46.3 Å². The van der Waals surface area contributed by atoms with E-state index in [1.807, 2.05) is 37.0 Å². The highest BCUT2D eigenvalue weighted by atomic mass is 15.3. The summed E-state index contributed by atoms with van der Waals surface area (Å²) in [5.41, 5.74) is 3.29. The molecule has 1 aromatic carbocycles. The molecule has 0 bridgehead atoms. The third-order valence-electron chi connectivity index (χ3n) is 5.32. The zero-order valence-electron chi connectivity index (χ0n) is 17.1. The summed E-state index contributed by atoms with van der Waals surface area (Å²) in [4.78, 5) is 6.95. The van der Waals surface area contributed by atoms with Gasteiger partial charge >= 0.3 is 0 Å². The first-order valence-corrected chi connectivity index (χ1v) is 9.79. The Morgan fingerprint density at radius 3 is 2.67 bits per heavy atom. The molecule has 2 heterocycles.